The van der Waals surface area contributed by atoms with Crippen molar-refractivity contribution in [1.29, 1.82) is 0 Å². The quantitative estimate of drug-likeness (QED) is 0.633. The first-order valence-corrected chi connectivity index (χ1v) is 6.92. The number of fused-ring (bicyclic) bond motifs is 1. The van der Waals surface area contributed by atoms with Gasteiger partial charge in [-0.1, -0.05) is 34.1 Å². The normalized spacial score (nSPS) is 11.1. The standard InChI is InChI=1S/C16H13BrFN/c1-11-6-13-4-2-3-5-16(13)19(11)10-12-7-14(17)9-15(18)8-12/h2-9H,10H2,1H3. The van der Waals surface area contributed by atoms with Gasteiger partial charge in [0.25, 0.3) is 0 Å². The van der Waals surface area contributed by atoms with Crippen LogP contribution in [0.4, 0.5) is 4.39 Å². The third kappa shape index (κ3) is 2.43. The summed E-state index contributed by atoms with van der Waals surface area (Å²) in [5.74, 6) is -0.210. The molecule has 0 unspecified atom stereocenters. The van der Waals surface area contributed by atoms with E-state index in [0.717, 1.165) is 10.0 Å². The Morgan fingerprint density at radius 3 is 2.68 bits per heavy atom. The summed E-state index contributed by atoms with van der Waals surface area (Å²) in [6, 6.07) is 15.4. The average Bonchev–Trinajstić information content (AvgIpc) is 2.65. The number of aryl methyl sites for hydroxylation is 1. The van der Waals surface area contributed by atoms with Gasteiger partial charge in [-0.2, -0.15) is 0 Å². The van der Waals surface area contributed by atoms with Crippen molar-refractivity contribution in [1.82, 2.24) is 4.57 Å². The van der Waals surface area contributed by atoms with Gasteiger partial charge in [-0.25, -0.2) is 4.39 Å². The van der Waals surface area contributed by atoms with Crippen LogP contribution in [0.25, 0.3) is 10.9 Å². The summed E-state index contributed by atoms with van der Waals surface area (Å²) in [6.45, 7) is 2.75. The predicted octanol–water partition coefficient (Wildman–Crippen LogP) is 4.90. The maximum atomic E-state index is 13.4. The Balaban J connectivity index is 2.07. The highest BCUT2D eigenvalue weighted by atomic mass is 79.9. The van der Waals surface area contributed by atoms with E-state index in [1.165, 1.54) is 22.7 Å². The molecule has 0 fully saturated rings. The number of aromatic nitrogens is 1. The Labute approximate surface area is 119 Å². The Morgan fingerprint density at radius 2 is 1.89 bits per heavy atom. The van der Waals surface area contributed by atoms with Crippen LogP contribution in [0.3, 0.4) is 0 Å². The fourth-order valence-electron chi connectivity index (χ4n) is 2.44. The molecule has 0 N–H and O–H groups in total. The van der Waals surface area contributed by atoms with Crippen molar-refractivity contribution in [2.45, 2.75) is 13.5 Å². The van der Waals surface area contributed by atoms with Gasteiger partial charge in [0.1, 0.15) is 5.82 Å². The van der Waals surface area contributed by atoms with Crippen LogP contribution in [0, 0.1) is 12.7 Å². The van der Waals surface area contributed by atoms with Gasteiger partial charge >= 0.3 is 0 Å². The Kier molecular flexibility index (Phi) is 3.15. The molecule has 0 aliphatic rings. The summed E-state index contributed by atoms with van der Waals surface area (Å²) >= 11 is 3.34. The molecular formula is C16H13BrFN. The minimum Gasteiger partial charge on any atom is -0.340 e. The minimum absolute atomic E-state index is 0.210. The molecule has 1 nitrogen and oxygen atoms in total. The van der Waals surface area contributed by atoms with Gasteiger partial charge in [0, 0.05) is 22.2 Å². The van der Waals surface area contributed by atoms with E-state index in [4.69, 9.17) is 0 Å². The lowest BCUT2D eigenvalue weighted by atomic mass is 10.2. The Morgan fingerprint density at radius 1 is 1.11 bits per heavy atom. The number of hydrogen-bond donors (Lipinski definition) is 0. The van der Waals surface area contributed by atoms with E-state index < -0.39 is 0 Å². The maximum absolute atomic E-state index is 13.4. The second-order valence-corrected chi connectivity index (χ2v) is 5.62. The largest absolute Gasteiger partial charge is 0.340 e. The van der Waals surface area contributed by atoms with E-state index in [-0.39, 0.29) is 5.82 Å². The number of hydrogen-bond acceptors (Lipinski definition) is 0. The topological polar surface area (TPSA) is 4.93 Å². The molecule has 0 atom stereocenters. The van der Waals surface area contributed by atoms with E-state index in [1.54, 1.807) is 6.07 Å². The number of nitrogens with zero attached hydrogens (tertiary/aromatic N) is 1. The number of para-hydroxylation sites is 1. The lowest BCUT2D eigenvalue weighted by Gasteiger charge is -2.09. The molecule has 19 heavy (non-hydrogen) atoms. The highest BCUT2D eigenvalue weighted by Gasteiger charge is 2.06. The molecule has 1 heterocycles. The smallest absolute Gasteiger partial charge is 0.124 e. The van der Waals surface area contributed by atoms with Crippen molar-refractivity contribution in [3.8, 4) is 0 Å². The number of rotatable bonds is 2. The molecule has 0 bridgehead atoms. The van der Waals surface area contributed by atoms with Crippen LogP contribution >= 0.6 is 15.9 Å². The van der Waals surface area contributed by atoms with Gasteiger partial charge in [0.15, 0.2) is 0 Å². The van der Waals surface area contributed by atoms with E-state index in [1.807, 2.05) is 18.2 Å². The monoisotopic (exact) mass is 317 g/mol. The second-order valence-electron chi connectivity index (χ2n) is 4.71. The van der Waals surface area contributed by atoms with Gasteiger partial charge in [0.2, 0.25) is 0 Å². The van der Waals surface area contributed by atoms with Crippen LogP contribution in [0.1, 0.15) is 11.3 Å². The van der Waals surface area contributed by atoms with Gasteiger partial charge < -0.3 is 4.57 Å². The first kappa shape index (κ1) is 12.4. The summed E-state index contributed by atoms with van der Waals surface area (Å²) < 4.78 is 16.4. The number of halogens is 2. The van der Waals surface area contributed by atoms with Crippen molar-refractivity contribution in [3.05, 3.63) is 70.1 Å². The first-order chi connectivity index (χ1) is 9.13. The van der Waals surface area contributed by atoms with Crippen LogP contribution in [0.2, 0.25) is 0 Å². The molecule has 1 aromatic heterocycles. The Hall–Kier alpha value is -1.61. The van der Waals surface area contributed by atoms with Crippen LogP contribution < -0.4 is 0 Å². The summed E-state index contributed by atoms with van der Waals surface area (Å²) in [4.78, 5) is 0. The molecule has 0 radical (unpaired) electrons. The van der Waals surface area contributed by atoms with E-state index in [0.29, 0.717) is 6.54 Å². The zero-order valence-electron chi connectivity index (χ0n) is 10.5. The fourth-order valence-corrected chi connectivity index (χ4v) is 2.96. The molecule has 3 rings (SSSR count). The van der Waals surface area contributed by atoms with Crippen LogP contribution in [-0.2, 0) is 6.54 Å². The molecule has 0 aliphatic carbocycles. The van der Waals surface area contributed by atoms with Gasteiger partial charge in [-0.3, -0.25) is 0 Å². The maximum Gasteiger partial charge on any atom is 0.124 e. The van der Waals surface area contributed by atoms with Crippen LogP contribution in [-0.4, -0.2) is 4.57 Å². The molecule has 0 aliphatic heterocycles. The zero-order chi connectivity index (χ0) is 13.4. The third-order valence-corrected chi connectivity index (χ3v) is 3.74. The molecule has 0 saturated heterocycles. The van der Waals surface area contributed by atoms with E-state index >= 15 is 0 Å². The SMILES string of the molecule is Cc1cc2ccccc2n1Cc1cc(F)cc(Br)c1. The summed E-state index contributed by atoms with van der Waals surface area (Å²) in [6.07, 6.45) is 0. The number of benzene rings is 2. The lowest BCUT2D eigenvalue weighted by molar-refractivity contribution is 0.622. The van der Waals surface area contributed by atoms with Gasteiger partial charge in [0.05, 0.1) is 0 Å². The molecule has 0 saturated carbocycles. The highest BCUT2D eigenvalue weighted by Crippen LogP contribution is 2.22. The molecule has 3 heteroatoms. The van der Waals surface area contributed by atoms with Crippen LogP contribution in [0.5, 0.6) is 0 Å². The molecule has 0 spiro atoms. The van der Waals surface area contributed by atoms with Gasteiger partial charge in [-0.15, -0.1) is 0 Å². The van der Waals surface area contributed by atoms with Crippen molar-refractivity contribution in [2.24, 2.45) is 0 Å². The van der Waals surface area contributed by atoms with Crippen molar-refractivity contribution >= 4 is 26.8 Å². The summed E-state index contributed by atoms with van der Waals surface area (Å²) in [5, 5.41) is 1.22. The Bertz CT molecular complexity index is 725. The molecule has 2 aromatic carbocycles. The summed E-state index contributed by atoms with van der Waals surface area (Å²) in [7, 11) is 0. The lowest BCUT2D eigenvalue weighted by Crippen LogP contribution is -2.01. The molecule has 96 valence electrons. The van der Waals surface area contributed by atoms with E-state index in [9.17, 15) is 4.39 Å². The van der Waals surface area contributed by atoms with Crippen molar-refractivity contribution in [2.75, 3.05) is 0 Å². The van der Waals surface area contributed by atoms with Gasteiger partial charge in [-0.05, 0) is 48.2 Å². The predicted molar refractivity (Wildman–Crippen MR) is 79.9 cm³/mol. The average molecular weight is 318 g/mol. The third-order valence-electron chi connectivity index (χ3n) is 3.28. The zero-order valence-corrected chi connectivity index (χ0v) is 12.1. The minimum atomic E-state index is -0.210. The van der Waals surface area contributed by atoms with Crippen molar-refractivity contribution < 1.29 is 4.39 Å². The first-order valence-electron chi connectivity index (χ1n) is 6.13. The van der Waals surface area contributed by atoms with Crippen molar-refractivity contribution in [3.63, 3.8) is 0 Å². The second kappa shape index (κ2) is 4.82. The molecular weight excluding hydrogens is 305 g/mol. The van der Waals surface area contributed by atoms with Crippen LogP contribution in [0.15, 0.2) is 53.0 Å². The fraction of sp³-hybridized carbons (Fsp3) is 0.125. The molecule has 3 aromatic rings. The molecule has 0 amide bonds. The summed E-state index contributed by atoms with van der Waals surface area (Å²) in [5.41, 5.74) is 3.32. The van der Waals surface area contributed by atoms with E-state index in [2.05, 4.69) is 45.6 Å². The highest BCUT2D eigenvalue weighted by molar-refractivity contribution is 9.10.